The summed E-state index contributed by atoms with van der Waals surface area (Å²) >= 11 is 0. The third-order valence-electron chi connectivity index (χ3n) is 3.30. The molecule has 0 radical (unpaired) electrons. The highest BCUT2D eigenvalue weighted by atomic mass is 32.2. The fourth-order valence-corrected chi connectivity index (χ4v) is 3.68. The molecule has 1 N–H and O–H groups in total. The number of benzene rings is 1. The van der Waals surface area contributed by atoms with Gasteiger partial charge < -0.3 is 4.74 Å². The quantitative estimate of drug-likeness (QED) is 0.870. The number of rotatable bonds is 6. The van der Waals surface area contributed by atoms with Gasteiger partial charge in [0.1, 0.15) is 10.6 Å². The zero-order valence-corrected chi connectivity index (χ0v) is 13.7. The Labute approximate surface area is 133 Å². The molecule has 23 heavy (non-hydrogen) atoms. The number of hydrogen-bond acceptors (Lipinski definition) is 4. The summed E-state index contributed by atoms with van der Waals surface area (Å²) in [5.74, 6) is -0.0227. The molecular weight excluding hydrogens is 328 g/mol. The largest absolute Gasteiger partial charge is 0.435 e. The maximum absolute atomic E-state index is 12.4. The van der Waals surface area contributed by atoms with Gasteiger partial charge >= 0.3 is 6.61 Å². The molecule has 0 spiro atoms. The molecule has 0 aliphatic carbocycles. The van der Waals surface area contributed by atoms with Gasteiger partial charge in [-0.15, -0.1) is 0 Å². The normalized spacial score (nSPS) is 11.9. The Kier molecular flexibility index (Phi) is 5.00. The molecule has 126 valence electrons. The number of aromatic nitrogens is 2. The van der Waals surface area contributed by atoms with Gasteiger partial charge in [0, 0.05) is 13.6 Å². The highest BCUT2D eigenvalue weighted by molar-refractivity contribution is 7.89. The van der Waals surface area contributed by atoms with Crippen molar-refractivity contribution in [3.05, 3.63) is 41.2 Å². The molecule has 0 saturated carbocycles. The minimum absolute atomic E-state index is 0.0227. The van der Waals surface area contributed by atoms with Crippen LogP contribution < -0.4 is 9.46 Å². The van der Waals surface area contributed by atoms with E-state index in [9.17, 15) is 17.2 Å². The number of nitrogens with one attached hydrogen (secondary N) is 1. The second kappa shape index (κ2) is 6.63. The van der Waals surface area contributed by atoms with Crippen LogP contribution in [0.4, 0.5) is 8.78 Å². The first-order valence-corrected chi connectivity index (χ1v) is 8.22. The van der Waals surface area contributed by atoms with Crippen LogP contribution in [0.15, 0.2) is 29.2 Å². The maximum Gasteiger partial charge on any atom is 0.387 e. The number of hydrogen-bond donors (Lipinski definition) is 1. The van der Waals surface area contributed by atoms with Crippen molar-refractivity contribution in [1.29, 1.82) is 0 Å². The van der Waals surface area contributed by atoms with E-state index in [4.69, 9.17) is 0 Å². The number of sulfonamides is 1. The molecule has 0 fully saturated rings. The predicted molar refractivity (Wildman–Crippen MR) is 79.8 cm³/mol. The van der Waals surface area contributed by atoms with E-state index in [1.54, 1.807) is 27.0 Å². The lowest BCUT2D eigenvalue weighted by atomic mass is 10.2. The first-order valence-electron chi connectivity index (χ1n) is 6.74. The number of ether oxygens (including phenoxy) is 1. The molecule has 0 saturated heterocycles. The Balaban J connectivity index is 2.16. The summed E-state index contributed by atoms with van der Waals surface area (Å²) in [6.07, 6.45) is 0. The lowest BCUT2D eigenvalue weighted by molar-refractivity contribution is -0.0498. The maximum atomic E-state index is 12.4. The number of nitrogens with zero attached hydrogens (tertiary/aromatic N) is 2. The second-order valence-electron chi connectivity index (χ2n) is 4.97. The third kappa shape index (κ3) is 4.05. The summed E-state index contributed by atoms with van der Waals surface area (Å²) in [5.41, 5.74) is 1.42. The van der Waals surface area contributed by atoms with Gasteiger partial charge in [0.25, 0.3) is 0 Å². The van der Waals surface area contributed by atoms with E-state index in [2.05, 4.69) is 14.6 Å². The summed E-state index contributed by atoms with van der Waals surface area (Å²) in [6, 6.07) is 5.86. The summed E-state index contributed by atoms with van der Waals surface area (Å²) in [7, 11) is -2.10. The van der Waals surface area contributed by atoms with E-state index in [-0.39, 0.29) is 17.2 Å². The van der Waals surface area contributed by atoms with Gasteiger partial charge in [-0.2, -0.15) is 13.9 Å². The minimum Gasteiger partial charge on any atom is -0.435 e. The third-order valence-corrected chi connectivity index (χ3v) is 4.95. The van der Waals surface area contributed by atoms with Crippen LogP contribution in [0.3, 0.4) is 0 Å². The van der Waals surface area contributed by atoms with Gasteiger partial charge in [0.2, 0.25) is 10.0 Å². The topological polar surface area (TPSA) is 73.2 Å². The van der Waals surface area contributed by atoms with Crippen molar-refractivity contribution in [2.75, 3.05) is 0 Å². The van der Waals surface area contributed by atoms with Gasteiger partial charge in [0.15, 0.2) is 0 Å². The van der Waals surface area contributed by atoms with Crippen LogP contribution in [-0.2, 0) is 23.6 Å². The molecule has 0 atom stereocenters. The van der Waals surface area contributed by atoms with E-state index >= 15 is 0 Å². The van der Waals surface area contributed by atoms with Crippen molar-refractivity contribution >= 4 is 10.0 Å². The van der Waals surface area contributed by atoms with Gasteiger partial charge in [0.05, 0.1) is 11.4 Å². The smallest absolute Gasteiger partial charge is 0.387 e. The van der Waals surface area contributed by atoms with Crippen molar-refractivity contribution < 1.29 is 21.9 Å². The predicted octanol–water partition coefficient (Wildman–Crippen LogP) is 2.12. The number of halogens is 2. The SMILES string of the molecule is Cc1nn(C)c(C)c1S(=O)(=O)NCc1cccc(OC(F)F)c1. The minimum atomic E-state index is -3.76. The van der Waals surface area contributed by atoms with Crippen LogP contribution in [0.5, 0.6) is 5.75 Å². The lowest BCUT2D eigenvalue weighted by Gasteiger charge is -2.09. The lowest BCUT2D eigenvalue weighted by Crippen LogP contribution is -2.24. The van der Waals surface area contributed by atoms with Crippen LogP contribution in [-0.4, -0.2) is 24.8 Å². The molecule has 0 aliphatic rings. The molecular formula is C14H17F2N3O3S. The monoisotopic (exact) mass is 345 g/mol. The van der Waals surface area contributed by atoms with E-state index in [0.29, 0.717) is 17.0 Å². The molecule has 0 amide bonds. The zero-order chi connectivity index (χ0) is 17.2. The van der Waals surface area contributed by atoms with Crippen LogP contribution >= 0.6 is 0 Å². The molecule has 2 rings (SSSR count). The Morgan fingerprint density at radius 2 is 2.04 bits per heavy atom. The summed E-state index contributed by atoms with van der Waals surface area (Å²) < 4.78 is 57.4. The van der Waals surface area contributed by atoms with E-state index < -0.39 is 16.6 Å². The van der Waals surface area contributed by atoms with Crippen LogP contribution in [0.2, 0.25) is 0 Å². The average molecular weight is 345 g/mol. The Hall–Kier alpha value is -2.00. The average Bonchev–Trinajstić information content (AvgIpc) is 2.70. The Morgan fingerprint density at radius 3 is 2.61 bits per heavy atom. The molecule has 1 heterocycles. The first kappa shape index (κ1) is 17.4. The van der Waals surface area contributed by atoms with Crippen molar-refractivity contribution in [3.8, 4) is 5.75 Å². The van der Waals surface area contributed by atoms with Gasteiger partial charge in [-0.1, -0.05) is 12.1 Å². The standard InChI is InChI=1S/C14H17F2N3O3S/c1-9-13(10(2)19(3)18-9)23(20,21)17-8-11-5-4-6-12(7-11)22-14(15)16/h4-7,14,17H,8H2,1-3H3. The summed E-state index contributed by atoms with van der Waals surface area (Å²) in [5, 5.41) is 4.07. The molecule has 6 nitrogen and oxygen atoms in total. The number of alkyl halides is 2. The van der Waals surface area contributed by atoms with Gasteiger partial charge in [-0.3, -0.25) is 4.68 Å². The zero-order valence-electron chi connectivity index (χ0n) is 12.9. The molecule has 2 aromatic rings. The highest BCUT2D eigenvalue weighted by Crippen LogP contribution is 2.20. The van der Waals surface area contributed by atoms with Gasteiger partial charge in [-0.25, -0.2) is 13.1 Å². The molecule has 1 aromatic heterocycles. The van der Waals surface area contributed by atoms with Crippen LogP contribution in [0, 0.1) is 13.8 Å². The van der Waals surface area contributed by atoms with Crippen molar-refractivity contribution in [3.63, 3.8) is 0 Å². The van der Waals surface area contributed by atoms with Crippen LogP contribution in [0.25, 0.3) is 0 Å². The Morgan fingerprint density at radius 1 is 1.35 bits per heavy atom. The van der Waals surface area contributed by atoms with Gasteiger partial charge in [-0.05, 0) is 31.5 Å². The van der Waals surface area contributed by atoms with E-state index in [1.807, 2.05) is 0 Å². The van der Waals surface area contributed by atoms with Crippen molar-refractivity contribution in [2.24, 2.45) is 7.05 Å². The fraction of sp³-hybridized carbons (Fsp3) is 0.357. The molecule has 9 heteroatoms. The Bertz CT molecular complexity index is 804. The second-order valence-corrected chi connectivity index (χ2v) is 6.68. The van der Waals surface area contributed by atoms with E-state index in [0.717, 1.165) is 0 Å². The summed E-state index contributed by atoms with van der Waals surface area (Å²) in [4.78, 5) is 0.125. The fourth-order valence-electron chi connectivity index (χ4n) is 2.23. The van der Waals surface area contributed by atoms with Crippen molar-refractivity contribution in [2.45, 2.75) is 31.9 Å². The molecule has 0 unspecified atom stereocenters. The highest BCUT2D eigenvalue weighted by Gasteiger charge is 2.23. The van der Waals surface area contributed by atoms with Crippen molar-refractivity contribution in [1.82, 2.24) is 14.5 Å². The van der Waals surface area contributed by atoms with Crippen LogP contribution in [0.1, 0.15) is 17.0 Å². The molecule has 0 bridgehead atoms. The molecule has 1 aromatic carbocycles. The number of aryl methyl sites for hydroxylation is 2. The first-order chi connectivity index (χ1) is 10.7. The summed E-state index contributed by atoms with van der Waals surface area (Å²) in [6.45, 7) is 0.295. The molecule has 0 aliphatic heterocycles. The van der Waals surface area contributed by atoms with E-state index in [1.165, 1.54) is 22.9 Å².